The number of ether oxygens (including phenoxy) is 2. The molecule has 0 bridgehead atoms. The van der Waals surface area contributed by atoms with Crippen LogP contribution in [-0.2, 0) is 18.4 Å². The highest BCUT2D eigenvalue weighted by molar-refractivity contribution is 6.74. The predicted octanol–water partition coefficient (Wildman–Crippen LogP) is 6.48. The monoisotopic (exact) mass is 631 g/mol. The molecule has 1 N–H and O–H groups in total. The molecular weight excluding hydrogens is 583 g/mol. The summed E-state index contributed by atoms with van der Waals surface area (Å²) in [5.74, 6) is -0.334. The Morgan fingerprint density at radius 3 is 2.37 bits per heavy atom. The molecule has 4 rings (SSSR count). The van der Waals surface area contributed by atoms with E-state index in [9.17, 15) is 14.7 Å². The Morgan fingerprint density at radius 2 is 1.81 bits per heavy atom. The average molecular weight is 632 g/mol. The van der Waals surface area contributed by atoms with Crippen molar-refractivity contribution in [1.82, 2.24) is 4.98 Å². The van der Waals surface area contributed by atoms with Crippen LogP contribution in [0.15, 0.2) is 39.8 Å². The Morgan fingerprint density at radius 1 is 1.14 bits per heavy atom. The third-order valence-corrected chi connectivity index (χ3v) is 14.9. The lowest BCUT2D eigenvalue weighted by molar-refractivity contribution is -0.187. The fourth-order valence-corrected chi connectivity index (χ4v) is 8.38. The van der Waals surface area contributed by atoms with E-state index in [0.717, 1.165) is 0 Å². The fourth-order valence-electron chi connectivity index (χ4n) is 5.94. The van der Waals surface area contributed by atoms with Gasteiger partial charge in [-0.25, -0.2) is 4.79 Å². The van der Waals surface area contributed by atoms with Gasteiger partial charge in [-0.3, -0.25) is 9.78 Å². The Kier molecular flexibility index (Phi) is 9.02. The van der Waals surface area contributed by atoms with Gasteiger partial charge in [-0.05, 0) is 82.5 Å². The van der Waals surface area contributed by atoms with Gasteiger partial charge in [0.15, 0.2) is 16.6 Å². The molecule has 2 aromatic heterocycles. The van der Waals surface area contributed by atoms with Gasteiger partial charge in [0.05, 0.1) is 17.8 Å². The molecule has 0 saturated heterocycles. The zero-order valence-electron chi connectivity index (χ0n) is 27.6. The van der Waals surface area contributed by atoms with E-state index in [1.165, 1.54) is 6.92 Å². The van der Waals surface area contributed by atoms with E-state index in [4.69, 9.17) is 22.7 Å². The molecule has 9 nitrogen and oxygen atoms in total. The molecule has 1 aliphatic carbocycles. The van der Waals surface area contributed by atoms with Gasteiger partial charge in [0.2, 0.25) is 0 Å². The summed E-state index contributed by atoms with van der Waals surface area (Å²) in [6.07, 6.45) is 3.19. The standard InChI is InChI=1S/C32H49NO8Si2/c1-20(34)37-19-31(5,36)22-15-23-28(41-42(7,8)9)27-25(17-24(38-29(27)35)21-13-12-14-33-18-21)39-32(23,6)26(16-22)40-43(10,11)30(2,3)4/h12-14,17-18,22-23,26,28,36H,15-16,19H2,1-11H3/t22-,23-,26?,28?,31+,32-/m1/s1. The second-order valence-corrected chi connectivity index (χ2v) is 24.4. The second kappa shape index (κ2) is 11.6. The van der Waals surface area contributed by atoms with E-state index < -0.39 is 51.6 Å². The smallest absolute Gasteiger partial charge is 0.345 e. The first-order valence-corrected chi connectivity index (χ1v) is 21.4. The highest BCUT2D eigenvalue weighted by Gasteiger charge is 2.61. The fraction of sp³-hybridized carbons (Fsp3) is 0.656. The molecule has 3 heterocycles. The molecule has 2 unspecified atom stereocenters. The maximum Gasteiger partial charge on any atom is 0.345 e. The number of hydrogen-bond acceptors (Lipinski definition) is 9. The molecule has 0 aromatic carbocycles. The van der Waals surface area contributed by atoms with Crippen LogP contribution in [-0.4, -0.2) is 56.6 Å². The van der Waals surface area contributed by atoms with Crippen LogP contribution in [0.2, 0.25) is 37.8 Å². The van der Waals surface area contributed by atoms with E-state index in [-0.39, 0.29) is 23.5 Å². The van der Waals surface area contributed by atoms with Gasteiger partial charge in [0.25, 0.3) is 0 Å². The van der Waals surface area contributed by atoms with Crippen LogP contribution in [0.3, 0.4) is 0 Å². The summed E-state index contributed by atoms with van der Waals surface area (Å²) in [7, 11) is -4.57. The summed E-state index contributed by atoms with van der Waals surface area (Å²) in [5, 5.41) is 11.6. The van der Waals surface area contributed by atoms with Crippen molar-refractivity contribution in [1.29, 1.82) is 0 Å². The minimum Gasteiger partial charge on any atom is -0.484 e. The molecule has 1 aliphatic heterocycles. The van der Waals surface area contributed by atoms with E-state index >= 15 is 0 Å². The maximum atomic E-state index is 13.8. The lowest BCUT2D eigenvalue weighted by atomic mass is 9.62. The van der Waals surface area contributed by atoms with E-state index in [0.29, 0.717) is 35.5 Å². The summed E-state index contributed by atoms with van der Waals surface area (Å²) < 4.78 is 32.1. The summed E-state index contributed by atoms with van der Waals surface area (Å²) in [5.41, 5.74) is -1.72. The lowest BCUT2D eigenvalue weighted by Gasteiger charge is -2.58. The minimum absolute atomic E-state index is 0.0819. The topological polar surface area (TPSA) is 117 Å². The van der Waals surface area contributed by atoms with Crippen molar-refractivity contribution in [3.8, 4) is 17.1 Å². The van der Waals surface area contributed by atoms with Crippen molar-refractivity contribution in [2.24, 2.45) is 11.8 Å². The van der Waals surface area contributed by atoms with Crippen molar-refractivity contribution in [2.75, 3.05) is 6.61 Å². The summed E-state index contributed by atoms with van der Waals surface area (Å²) >= 11 is 0. The van der Waals surface area contributed by atoms with Crippen LogP contribution in [0.5, 0.6) is 5.75 Å². The van der Waals surface area contributed by atoms with Gasteiger partial charge in [-0.15, -0.1) is 0 Å². The Bertz CT molecular complexity index is 1380. The zero-order chi connectivity index (χ0) is 32.2. The summed E-state index contributed by atoms with van der Waals surface area (Å²) in [6, 6.07) is 5.39. The first-order valence-electron chi connectivity index (χ1n) is 15.1. The predicted molar refractivity (Wildman–Crippen MR) is 170 cm³/mol. The zero-order valence-corrected chi connectivity index (χ0v) is 29.6. The molecule has 11 heteroatoms. The summed E-state index contributed by atoms with van der Waals surface area (Å²) in [6.45, 7) is 22.2. The lowest BCUT2D eigenvalue weighted by Crippen LogP contribution is -2.65. The van der Waals surface area contributed by atoms with Crippen molar-refractivity contribution in [3.05, 3.63) is 46.6 Å². The van der Waals surface area contributed by atoms with Gasteiger partial charge < -0.3 is 27.8 Å². The molecule has 0 amide bonds. The number of carbonyl (C=O) groups is 1. The molecule has 1 saturated carbocycles. The largest absolute Gasteiger partial charge is 0.484 e. The van der Waals surface area contributed by atoms with Crippen molar-refractivity contribution < 1.29 is 32.6 Å². The molecule has 0 radical (unpaired) electrons. The molecule has 2 aliphatic rings. The van der Waals surface area contributed by atoms with Crippen molar-refractivity contribution in [2.45, 2.75) is 116 Å². The number of fused-ring (bicyclic) bond motifs is 2. The van der Waals surface area contributed by atoms with Crippen LogP contribution in [0.4, 0.5) is 0 Å². The summed E-state index contributed by atoms with van der Waals surface area (Å²) in [4.78, 5) is 29.6. The number of nitrogens with zero attached hydrogens (tertiary/aromatic N) is 1. The van der Waals surface area contributed by atoms with Crippen molar-refractivity contribution >= 4 is 22.6 Å². The average Bonchev–Trinajstić information content (AvgIpc) is 2.86. The Labute approximate surface area is 257 Å². The molecule has 2 aromatic rings. The highest BCUT2D eigenvalue weighted by atomic mass is 28.4. The first kappa shape index (κ1) is 33.6. The number of hydrogen-bond donors (Lipinski definition) is 1. The number of rotatable bonds is 8. The Balaban J connectivity index is 1.90. The van der Waals surface area contributed by atoms with Gasteiger partial charge >= 0.3 is 11.6 Å². The van der Waals surface area contributed by atoms with Crippen LogP contribution in [0.1, 0.15) is 66.1 Å². The van der Waals surface area contributed by atoms with Gasteiger partial charge in [-0.1, -0.05) is 20.8 Å². The second-order valence-electron chi connectivity index (χ2n) is 15.1. The highest BCUT2D eigenvalue weighted by Crippen LogP contribution is 2.56. The van der Waals surface area contributed by atoms with Gasteiger partial charge in [0, 0.05) is 36.9 Å². The molecule has 6 atom stereocenters. The minimum atomic E-state index is -2.34. The van der Waals surface area contributed by atoms with E-state index in [1.807, 2.05) is 13.0 Å². The molecule has 0 spiro atoms. The normalized spacial score (nSPS) is 27.3. The van der Waals surface area contributed by atoms with Crippen LogP contribution < -0.4 is 10.4 Å². The first-order chi connectivity index (χ1) is 19.6. The van der Waals surface area contributed by atoms with E-state index in [2.05, 4.69) is 58.5 Å². The third-order valence-electron chi connectivity index (χ3n) is 9.46. The number of carbonyl (C=O) groups excluding carboxylic acids is 1. The van der Waals surface area contributed by atoms with Crippen LogP contribution >= 0.6 is 0 Å². The van der Waals surface area contributed by atoms with Gasteiger partial charge in [-0.2, -0.15) is 0 Å². The number of aliphatic hydroxyl groups is 1. The maximum absolute atomic E-state index is 13.8. The molecule has 1 fully saturated rings. The quantitative estimate of drug-likeness (QED) is 0.258. The van der Waals surface area contributed by atoms with Crippen LogP contribution in [0, 0.1) is 11.8 Å². The van der Waals surface area contributed by atoms with Gasteiger partial charge in [0.1, 0.15) is 29.3 Å². The molecule has 238 valence electrons. The third kappa shape index (κ3) is 7.01. The Hall–Kier alpha value is -2.32. The van der Waals surface area contributed by atoms with Crippen LogP contribution in [0.25, 0.3) is 11.3 Å². The van der Waals surface area contributed by atoms with E-state index in [1.54, 1.807) is 31.5 Å². The SMILES string of the molecule is CC(=O)OC[C@](C)(O)[C@H]1CC(O[Si](C)(C)C(C)(C)C)[C@]2(C)Oc3cc(-c4cccnc4)oc(=O)c3C(O[Si](C)(C)C)[C@H]2C1. The number of pyridine rings is 1. The van der Waals surface area contributed by atoms with Crippen molar-refractivity contribution in [3.63, 3.8) is 0 Å². The number of aromatic nitrogens is 1. The number of esters is 1. The molecule has 43 heavy (non-hydrogen) atoms. The molecular formula is C32H49NO8Si2.